The maximum absolute atomic E-state index is 13.4. The van der Waals surface area contributed by atoms with E-state index in [2.05, 4.69) is 25.2 Å². The Hall–Kier alpha value is -2.81. The van der Waals surface area contributed by atoms with E-state index in [0.29, 0.717) is 51.0 Å². The minimum absolute atomic E-state index is 0.370. The molecule has 0 spiro atoms. The van der Waals surface area contributed by atoms with Gasteiger partial charge in [0.2, 0.25) is 11.9 Å². The van der Waals surface area contributed by atoms with Gasteiger partial charge in [-0.15, -0.1) is 0 Å². The van der Waals surface area contributed by atoms with Gasteiger partial charge in [0.25, 0.3) is 0 Å². The third-order valence-corrected chi connectivity index (χ3v) is 6.39. The van der Waals surface area contributed by atoms with Crippen LogP contribution in [0.2, 0.25) is 10.0 Å². The maximum atomic E-state index is 13.4. The fourth-order valence-corrected chi connectivity index (χ4v) is 4.72. The highest BCUT2D eigenvalue weighted by molar-refractivity contribution is 6.39. The molecule has 1 aliphatic rings. The van der Waals surface area contributed by atoms with Crippen LogP contribution in [0.5, 0.6) is 0 Å². The monoisotopic (exact) mass is 485 g/mol. The second-order valence-electron chi connectivity index (χ2n) is 8.10. The quantitative estimate of drug-likeness (QED) is 0.376. The van der Waals surface area contributed by atoms with Crippen molar-refractivity contribution in [2.45, 2.75) is 25.9 Å². The average Bonchev–Trinajstić information content (AvgIpc) is 3.15. The van der Waals surface area contributed by atoms with Crippen LogP contribution in [0.1, 0.15) is 18.4 Å². The molecule has 0 radical (unpaired) electrons. The van der Waals surface area contributed by atoms with Crippen molar-refractivity contribution in [3.63, 3.8) is 0 Å². The summed E-state index contributed by atoms with van der Waals surface area (Å²) in [5.41, 5.74) is 2.79. The van der Waals surface area contributed by atoms with E-state index in [-0.39, 0.29) is 0 Å². The lowest BCUT2D eigenvalue weighted by molar-refractivity contribution is 0.341. The number of anilines is 1. The Morgan fingerprint density at radius 1 is 1.15 bits per heavy atom. The lowest BCUT2D eigenvalue weighted by Gasteiger charge is -2.24. The Morgan fingerprint density at radius 3 is 2.76 bits per heavy atom. The number of imidazole rings is 1. The zero-order valence-corrected chi connectivity index (χ0v) is 19.2. The first-order chi connectivity index (χ1) is 16.1. The summed E-state index contributed by atoms with van der Waals surface area (Å²) in [5, 5.41) is 7.69. The van der Waals surface area contributed by atoms with Crippen molar-refractivity contribution in [2.24, 2.45) is 5.92 Å². The van der Waals surface area contributed by atoms with Crippen molar-refractivity contribution in [1.29, 1.82) is 0 Å². The Morgan fingerprint density at radius 2 is 2.00 bits per heavy atom. The molecule has 1 aliphatic heterocycles. The van der Waals surface area contributed by atoms with Gasteiger partial charge in [-0.1, -0.05) is 29.3 Å². The molecule has 0 aliphatic carbocycles. The highest BCUT2D eigenvalue weighted by Gasteiger charge is 2.23. The van der Waals surface area contributed by atoms with Crippen LogP contribution in [0.4, 0.5) is 10.3 Å². The van der Waals surface area contributed by atoms with E-state index >= 15 is 0 Å². The van der Waals surface area contributed by atoms with Crippen LogP contribution >= 0.6 is 23.2 Å². The fourth-order valence-electron chi connectivity index (χ4n) is 4.15. The first kappa shape index (κ1) is 22.0. The SMILES string of the molecule is Fc1cc(CNc2ncc3nc(-c4c(Cl)cccc4Cl)n(C[C@@H]4CCCNC4)c3n2)ccn1. The predicted octanol–water partition coefficient (Wildman–Crippen LogP) is 4.95. The number of benzene rings is 1. The molecule has 0 saturated carbocycles. The molecule has 1 aromatic carbocycles. The molecular formula is C23H22Cl2FN7. The molecule has 2 N–H and O–H groups in total. The number of nitrogens with one attached hydrogen (secondary N) is 2. The zero-order chi connectivity index (χ0) is 22.8. The van der Waals surface area contributed by atoms with Gasteiger partial charge in [-0.05, 0) is 61.7 Å². The standard InChI is InChI=1S/C23H22Cl2FN7/c24-16-4-1-5-17(25)20(16)22-31-18-12-30-23(29-11-14-6-8-28-19(26)9-14)32-21(18)33(22)13-15-3-2-7-27-10-15/h1,4-6,8-9,12,15,27H,2-3,7,10-11,13H2,(H,29,30,32)/t15-/m1/s1. The van der Waals surface area contributed by atoms with Crippen LogP contribution < -0.4 is 10.6 Å². The minimum Gasteiger partial charge on any atom is -0.350 e. The van der Waals surface area contributed by atoms with Gasteiger partial charge in [0.15, 0.2) is 5.65 Å². The lowest BCUT2D eigenvalue weighted by atomic mass is 9.99. The lowest BCUT2D eigenvalue weighted by Crippen LogP contribution is -2.32. The second kappa shape index (κ2) is 9.59. The number of hydrogen-bond donors (Lipinski definition) is 2. The van der Waals surface area contributed by atoms with Gasteiger partial charge < -0.3 is 15.2 Å². The van der Waals surface area contributed by atoms with Gasteiger partial charge in [0.1, 0.15) is 11.3 Å². The van der Waals surface area contributed by atoms with E-state index in [1.807, 2.05) is 6.07 Å². The molecule has 7 nitrogen and oxygen atoms in total. The molecule has 5 rings (SSSR count). The molecule has 0 amide bonds. The molecule has 1 saturated heterocycles. The number of hydrogen-bond acceptors (Lipinski definition) is 6. The molecule has 0 unspecified atom stereocenters. The van der Waals surface area contributed by atoms with Crippen LogP contribution in [0.25, 0.3) is 22.6 Å². The number of rotatable bonds is 6. The summed E-state index contributed by atoms with van der Waals surface area (Å²) in [5.74, 6) is 1.02. The number of nitrogens with zero attached hydrogens (tertiary/aromatic N) is 5. The zero-order valence-electron chi connectivity index (χ0n) is 17.7. The van der Waals surface area contributed by atoms with E-state index < -0.39 is 5.95 Å². The van der Waals surface area contributed by atoms with Crippen molar-refractivity contribution in [2.75, 3.05) is 18.4 Å². The van der Waals surface area contributed by atoms with Crippen LogP contribution in [0, 0.1) is 11.9 Å². The number of halogens is 3. The molecule has 10 heteroatoms. The Bertz CT molecular complexity index is 1270. The summed E-state index contributed by atoms with van der Waals surface area (Å²) in [4.78, 5) is 17.5. The average molecular weight is 486 g/mol. The molecule has 33 heavy (non-hydrogen) atoms. The van der Waals surface area contributed by atoms with Crippen molar-refractivity contribution < 1.29 is 4.39 Å². The highest BCUT2D eigenvalue weighted by Crippen LogP contribution is 2.36. The normalized spacial score (nSPS) is 16.3. The summed E-state index contributed by atoms with van der Waals surface area (Å²) in [7, 11) is 0. The van der Waals surface area contributed by atoms with Crippen molar-refractivity contribution in [3.05, 3.63) is 64.3 Å². The summed E-state index contributed by atoms with van der Waals surface area (Å²) >= 11 is 13.1. The van der Waals surface area contributed by atoms with Gasteiger partial charge in [0, 0.05) is 19.3 Å². The first-order valence-electron chi connectivity index (χ1n) is 10.8. The van der Waals surface area contributed by atoms with Gasteiger partial charge in [-0.2, -0.15) is 9.37 Å². The molecular weight excluding hydrogens is 464 g/mol. The van der Waals surface area contributed by atoms with Gasteiger partial charge in [-0.25, -0.2) is 15.0 Å². The molecule has 4 aromatic rings. The van der Waals surface area contributed by atoms with E-state index in [1.54, 1.807) is 24.4 Å². The second-order valence-corrected chi connectivity index (χ2v) is 8.91. The fraction of sp³-hybridized carbons (Fsp3) is 0.304. The van der Waals surface area contributed by atoms with Crippen molar-refractivity contribution in [3.8, 4) is 11.4 Å². The van der Waals surface area contributed by atoms with Crippen LogP contribution in [-0.2, 0) is 13.1 Å². The predicted molar refractivity (Wildman–Crippen MR) is 128 cm³/mol. The van der Waals surface area contributed by atoms with Crippen LogP contribution in [0.15, 0.2) is 42.7 Å². The van der Waals surface area contributed by atoms with Crippen LogP contribution in [0.3, 0.4) is 0 Å². The van der Waals surface area contributed by atoms with Gasteiger partial charge in [0.05, 0.1) is 21.8 Å². The number of pyridine rings is 1. The molecule has 4 heterocycles. The third kappa shape index (κ3) is 4.78. The molecule has 0 bridgehead atoms. The molecule has 3 aromatic heterocycles. The Kier molecular flexibility index (Phi) is 6.39. The van der Waals surface area contributed by atoms with Gasteiger partial charge in [-0.3, -0.25) is 0 Å². The van der Waals surface area contributed by atoms with E-state index in [0.717, 1.165) is 38.0 Å². The summed E-state index contributed by atoms with van der Waals surface area (Å²) < 4.78 is 15.5. The Balaban J connectivity index is 1.54. The molecule has 1 atom stereocenters. The topological polar surface area (TPSA) is 80.5 Å². The largest absolute Gasteiger partial charge is 0.350 e. The van der Waals surface area contributed by atoms with Crippen molar-refractivity contribution >= 4 is 40.3 Å². The molecule has 1 fully saturated rings. The smallest absolute Gasteiger partial charge is 0.225 e. The Labute approximate surface area is 200 Å². The van der Waals surface area contributed by atoms with E-state index in [9.17, 15) is 4.39 Å². The number of piperidine rings is 1. The number of fused-ring (bicyclic) bond motifs is 1. The summed E-state index contributed by atoms with van der Waals surface area (Å²) in [6.45, 7) is 3.07. The van der Waals surface area contributed by atoms with E-state index in [1.165, 1.54) is 12.3 Å². The summed E-state index contributed by atoms with van der Waals surface area (Å²) in [6.07, 6.45) is 5.36. The van der Waals surface area contributed by atoms with Crippen LogP contribution in [-0.4, -0.2) is 37.6 Å². The third-order valence-electron chi connectivity index (χ3n) is 5.76. The number of aromatic nitrogens is 5. The highest BCUT2D eigenvalue weighted by atomic mass is 35.5. The summed E-state index contributed by atoms with van der Waals surface area (Å²) in [6, 6.07) is 8.55. The first-order valence-corrected chi connectivity index (χ1v) is 11.6. The van der Waals surface area contributed by atoms with Gasteiger partial charge >= 0.3 is 0 Å². The minimum atomic E-state index is -0.522. The van der Waals surface area contributed by atoms with E-state index in [4.69, 9.17) is 33.2 Å². The molecule has 170 valence electrons. The maximum Gasteiger partial charge on any atom is 0.225 e. The van der Waals surface area contributed by atoms with Crippen molar-refractivity contribution in [1.82, 2.24) is 29.8 Å².